The fourth-order valence-electron chi connectivity index (χ4n) is 3.18. The smallest absolute Gasteiger partial charge is 0.434 e. The van der Waals surface area contributed by atoms with Gasteiger partial charge in [0.15, 0.2) is 5.69 Å². The molecule has 0 aromatic carbocycles. The molecule has 0 saturated carbocycles. The molecule has 1 aromatic heterocycles. The van der Waals surface area contributed by atoms with Crippen LogP contribution in [0.2, 0.25) is 0 Å². The second kappa shape index (κ2) is 8.76. The number of nitrogens with zero attached hydrogens (tertiary/aromatic N) is 2. The normalized spacial score (nSPS) is 16.0. The lowest BCUT2D eigenvalue weighted by atomic mass is 9.87. The molecule has 2 rings (SSSR count). The summed E-state index contributed by atoms with van der Waals surface area (Å²) in [6.07, 6.45) is -8.06. The van der Waals surface area contributed by atoms with Crippen LogP contribution in [0.15, 0.2) is 5.76 Å². The average molecular weight is 418 g/mol. The highest BCUT2D eigenvalue weighted by Gasteiger charge is 2.42. The zero-order valence-corrected chi connectivity index (χ0v) is 16.0. The summed E-state index contributed by atoms with van der Waals surface area (Å²) in [5, 5.41) is 9.61. The molecule has 10 heteroatoms. The first-order chi connectivity index (χ1) is 13.5. The molecular formula is C19H19F5N2O3. The van der Waals surface area contributed by atoms with E-state index in [2.05, 4.69) is 9.72 Å². The van der Waals surface area contributed by atoms with Crippen LogP contribution in [0, 0.1) is 17.2 Å². The Morgan fingerprint density at radius 2 is 1.97 bits per heavy atom. The SMILES string of the molecule is COC(=O)c1c(C(F)F)nc(C(F)(F)F)c(C(C#N)=C2CCCO2)c1CC(C)C. The molecule has 2 heterocycles. The van der Waals surface area contributed by atoms with E-state index in [1.807, 2.05) is 0 Å². The number of carbonyl (C=O) groups excluding carboxylic acids is 1. The molecule has 0 atom stereocenters. The highest BCUT2D eigenvalue weighted by atomic mass is 19.4. The van der Waals surface area contributed by atoms with E-state index in [1.54, 1.807) is 19.9 Å². The molecule has 0 unspecified atom stereocenters. The fourth-order valence-corrected chi connectivity index (χ4v) is 3.18. The van der Waals surface area contributed by atoms with Gasteiger partial charge in [0.05, 0.1) is 24.9 Å². The maximum absolute atomic E-state index is 13.8. The van der Waals surface area contributed by atoms with Gasteiger partial charge in [0.25, 0.3) is 6.43 Å². The predicted molar refractivity (Wildman–Crippen MR) is 91.8 cm³/mol. The Labute approximate surface area is 164 Å². The number of hydrogen-bond donors (Lipinski definition) is 0. The van der Waals surface area contributed by atoms with E-state index in [0.717, 1.165) is 7.11 Å². The number of rotatable bonds is 5. The molecule has 0 N–H and O–H groups in total. The lowest BCUT2D eigenvalue weighted by Crippen LogP contribution is -2.22. The molecular weight excluding hydrogens is 399 g/mol. The van der Waals surface area contributed by atoms with Crippen LogP contribution < -0.4 is 0 Å². The van der Waals surface area contributed by atoms with E-state index in [1.165, 1.54) is 0 Å². The van der Waals surface area contributed by atoms with Gasteiger partial charge in [0.1, 0.15) is 17.5 Å². The van der Waals surface area contributed by atoms with Crippen molar-refractivity contribution in [1.82, 2.24) is 4.98 Å². The topological polar surface area (TPSA) is 72.2 Å². The van der Waals surface area contributed by atoms with Gasteiger partial charge in [-0.3, -0.25) is 0 Å². The Bertz CT molecular complexity index is 862. The molecule has 0 aliphatic carbocycles. The van der Waals surface area contributed by atoms with Crippen molar-refractivity contribution >= 4 is 11.5 Å². The van der Waals surface area contributed by atoms with Gasteiger partial charge in [0.2, 0.25) is 0 Å². The van der Waals surface area contributed by atoms with E-state index in [-0.39, 0.29) is 36.7 Å². The number of halogens is 5. The van der Waals surface area contributed by atoms with Gasteiger partial charge in [-0.15, -0.1) is 0 Å². The number of esters is 1. The van der Waals surface area contributed by atoms with E-state index in [4.69, 9.17) is 4.74 Å². The molecule has 0 radical (unpaired) electrons. The lowest BCUT2D eigenvalue weighted by Gasteiger charge is -2.22. The van der Waals surface area contributed by atoms with Crippen LogP contribution in [0.4, 0.5) is 22.0 Å². The molecule has 1 aromatic rings. The first-order valence-electron chi connectivity index (χ1n) is 8.79. The maximum Gasteiger partial charge on any atom is 0.434 e. The monoisotopic (exact) mass is 418 g/mol. The molecule has 29 heavy (non-hydrogen) atoms. The van der Waals surface area contributed by atoms with E-state index in [0.29, 0.717) is 6.42 Å². The molecule has 0 bridgehead atoms. The molecule has 158 valence electrons. The van der Waals surface area contributed by atoms with Crippen molar-refractivity contribution in [2.45, 2.75) is 45.7 Å². The molecule has 0 spiro atoms. The van der Waals surface area contributed by atoms with Crippen LogP contribution in [-0.4, -0.2) is 24.7 Å². The average Bonchev–Trinajstić information content (AvgIpc) is 3.15. The molecule has 1 fully saturated rings. The summed E-state index contributed by atoms with van der Waals surface area (Å²) < 4.78 is 78.4. The Hall–Kier alpha value is -2.70. The quantitative estimate of drug-likeness (QED) is 0.379. The minimum absolute atomic E-state index is 0.0189. The highest BCUT2D eigenvalue weighted by Crippen LogP contribution is 2.42. The van der Waals surface area contributed by atoms with Gasteiger partial charge < -0.3 is 9.47 Å². The molecule has 1 aliphatic heterocycles. The largest absolute Gasteiger partial charge is 0.497 e. The summed E-state index contributed by atoms with van der Waals surface area (Å²) >= 11 is 0. The number of ether oxygens (including phenoxy) is 2. The van der Waals surface area contributed by atoms with E-state index >= 15 is 0 Å². The maximum atomic E-state index is 13.8. The van der Waals surface area contributed by atoms with Crippen molar-refractivity contribution in [1.29, 1.82) is 5.26 Å². The third kappa shape index (κ3) is 4.66. The summed E-state index contributed by atoms with van der Waals surface area (Å²) in [6.45, 7) is 3.51. The van der Waals surface area contributed by atoms with Crippen molar-refractivity contribution < 1.29 is 36.2 Å². The van der Waals surface area contributed by atoms with Crippen molar-refractivity contribution in [3.8, 4) is 6.07 Å². The van der Waals surface area contributed by atoms with Crippen LogP contribution >= 0.6 is 0 Å². The van der Waals surface area contributed by atoms with Crippen LogP contribution in [0.3, 0.4) is 0 Å². The Kier molecular flexibility index (Phi) is 6.82. The third-order valence-corrected chi connectivity index (χ3v) is 4.27. The first kappa shape index (κ1) is 22.6. The number of methoxy groups -OCH3 is 1. The molecule has 1 aliphatic rings. The predicted octanol–water partition coefficient (Wildman–Crippen LogP) is 5.07. The van der Waals surface area contributed by atoms with Crippen molar-refractivity contribution in [2.24, 2.45) is 5.92 Å². The first-order valence-corrected chi connectivity index (χ1v) is 8.79. The van der Waals surface area contributed by atoms with Crippen molar-refractivity contribution in [3.05, 3.63) is 33.8 Å². The summed E-state index contributed by atoms with van der Waals surface area (Å²) in [7, 11) is 0.928. The summed E-state index contributed by atoms with van der Waals surface area (Å²) in [5.41, 5.74) is -5.21. The Balaban J connectivity index is 3.07. The van der Waals surface area contributed by atoms with Crippen LogP contribution in [0.1, 0.15) is 66.0 Å². The van der Waals surface area contributed by atoms with Gasteiger partial charge >= 0.3 is 12.1 Å². The molecule has 5 nitrogen and oxygen atoms in total. The number of pyridine rings is 1. The number of aromatic nitrogens is 1. The van der Waals surface area contributed by atoms with Gasteiger partial charge in [-0.05, 0) is 24.3 Å². The number of allylic oxidation sites excluding steroid dienone is 2. The van der Waals surface area contributed by atoms with Crippen LogP contribution in [0.5, 0.6) is 0 Å². The van der Waals surface area contributed by atoms with Crippen LogP contribution in [-0.2, 0) is 22.1 Å². The minimum atomic E-state index is -5.14. The Morgan fingerprint density at radius 1 is 1.31 bits per heavy atom. The van der Waals surface area contributed by atoms with Crippen molar-refractivity contribution in [2.75, 3.05) is 13.7 Å². The number of nitriles is 1. The van der Waals surface area contributed by atoms with Gasteiger partial charge in [-0.2, -0.15) is 18.4 Å². The lowest BCUT2D eigenvalue weighted by molar-refractivity contribution is -0.141. The van der Waals surface area contributed by atoms with Crippen molar-refractivity contribution in [3.63, 3.8) is 0 Å². The second-order valence-corrected chi connectivity index (χ2v) is 6.82. The zero-order valence-electron chi connectivity index (χ0n) is 16.0. The molecule has 0 amide bonds. The zero-order chi connectivity index (χ0) is 21.9. The summed E-state index contributed by atoms with van der Waals surface area (Å²) in [4.78, 5) is 15.4. The van der Waals surface area contributed by atoms with Gasteiger partial charge in [-0.1, -0.05) is 13.8 Å². The number of carbonyl (C=O) groups is 1. The fraction of sp³-hybridized carbons (Fsp3) is 0.526. The summed E-state index contributed by atoms with van der Waals surface area (Å²) in [6, 6.07) is 1.69. The highest BCUT2D eigenvalue weighted by molar-refractivity contribution is 5.95. The number of hydrogen-bond acceptors (Lipinski definition) is 5. The van der Waals surface area contributed by atoms with E-state index < -0.39 is 46.7 Å². The summed E-state index contributed by atoms with van der Waals surface area (Å²) in [5.74, 6) is -1.54. The van der Waals surface area contributed by atoms with Gasteiger partial charge in [-0.25, -0.2) is 18.6 Å². The second-order valence-electron chi connectivity index (χ2n) is 6.82. The molecule has 1 saturated heterocycles. The van der Waals surface area contributed by atoms with Gasteiger partial charge in [0, 0.05) is 12.0 Å². The number of alkyl halides is 5. The van der Waals surface area contributed by atoms with Crippen LogP contribution in [0.25, 0.3) is 5.57 Å². The Morgan fingerprint density at radius 3 is 2.38 bits per heavy atom. The minimum Gasteiger partial charge on any atom is -0.497 e. The third-order valence-electron chi connectivity index (χ3n) is 4.27. The standard InChI is InChI=1S/C19H19F5N2O3/c1-9(2)7-10-13(11(8-25)12-5-4-6-29-12)16(19(22,23)24)26-15(17(20)21)14(10)18(27)28-3/h9,17H,4-7H2,1-3H3. The van der Waals surface area contributed by atoms with E-state index in [9.17, 15) is 32.0 Å².